The number of likely N-dealkylation sites (tertiary alicyclic amines) is 1. The van der Waals surface area contributed by atoms with Gasteiger partial charge in [-0.05, 0) is 30.9 Å². The smallest absolute Gasteiger partial charge is 0.379 e. The first-order valence-corrected chi connectivity index (χ1v) is 12.6. The minimum atomic E-state index is -4.45. The second kappa shape index (κ2) is 10.9. The SMILES string of the molecule is CO[C@@H]1COCC[C@@H]1NC1CCN(C(=O)c2cc(N3CCc4ncc(C(F)(F)F)cc4C3)ncn2)CC1. The van der Waals surface area contributed by atoms with Crippen LogP contribution in [0, 0.1) is 0 Å². The number of alkyl halides is 3. The number of carbonyl (C=O) groups excluding carboxylic acids is 1. The lowest BCUT2D eigenvalue weighted by Crippen LogP contribution is -2.54. The van der Waals surface area contributed by atoms with Gasteiger partial charge < -0.3 is 24.6 Å². The number of piperidine rings is 1. The van der Waals surface area contributed by atoms with Crippen LogP contribution < -0.4 is 10.2 Å². The lowest BCUT2D eigenvalue weighted by Gasteiger charge is -2.38. The van der Waals surface area contributed by atoms with Gasteiger partial charge in [0.2, 0.25) is 0 Å². The molecule has 5 rings (SSSR count). The molecule has 0 bridgehead atoms. The lowest BCUT2D eigenvalue weighted by atomic mass is 9.99. The van der Waals surface area contributed by atoms with E-state index in [-0.39, 0.29) is 30.3 Å². The summed E-state index contributed by atoms with van der Waals surface area (Å²) in [6, 6.07) is 3.32. The summed E-state index contributed by atoms with van der Waals surface area (Å²) in [6.45, 7) is 3.31. The molecular formula is C25H31F3N6O3. The number of fused-ring (bicyclic) bond motifs is 1. The second-order valence-electron chi connectivity index (χ2n) is 9.74. The van der Waals surface area contributed by atoms with Gasteiger partial charge in [-0.15, -0.1) is 0 Å². The third-order valence-corrected chi connectivity index (χ3v) is 7.40. The highest BCUT2D eigenvalue weighted by atomic mass is 19.4. The van der Waals surface area contributed by atoms with Crippen LogP contribution in [-0.2, 0) is 28.6 Å². The number of rotatable bonds is 5. The summed E-state index contributed by atoms with van der Waals surface area (Å²) >= 11 is 0. The van der Waals surface area contributed by atoms with Gasteiger partial charge in [0.1, 0.15) is 17.8 Å². The van der Waals surface area contributed by atoms with Crippen molar-refractivity contribution in [3.05, 3.63) is 47.2 Å². The van der Waals surface area contributed by atoms with Crippen molar-refractivity contribution in [2.24, 2.45) is 0 Å². The van der Waals surface area contributed by atoms with Crippen LogP contribution in [0.15, 0.2) is 24.7 Å². The van der Waals surface area contributed by atoms with Gasteiger partial charge in [-0.1, -0.05) is 0 Å². The molecule has 2 fully saturated rings. The van der Waals surface area contributed by atoms with Crippen LogP contribution in [0.2, 0.25) is 0 Å². The number of nitrogens with zero attached hydrogens (tertiary/aromatic N) is 5. The van der Waals surface area contributed by atoms with Crippen LogP contribution in [0.4, 0.5) is 19.0 Å². The van der Waals surface area contributed by atoms with Gasteiger partial charge in [-0.3, -0.25) is 9.78 Å². The molecule has 200 valence electrons. The van der Waals surface area contributed by atoms with Crippen LogP contribution in [-0.4, -0.2) is 83.9 Å². The maximum Gasteiger partial charge on any atom is 0.417 e. The summed E-state index contributed by atoms with van der Waals surface area (Å²) in [5.74, 6) is 0.351. The van der Waals surface area contributed by atoms with Gasteiger partial charge in [-0.25, -0.2) is 9.97 Å². The van der Waals surface area contributed by atoms with Gasteiger partial charge in [0.05, 0.1) is 18.3 Å². The number of hydrogen-bond acceptors (Lipinski definition) is 8. The molecule has 37 heavy (non-hydrogen) atoms. The minimum absolute atomic E-state index is 0.0328. The monoisotopic (exact) mass is 520 g/mol. The van der Waals surface area contributed by atoms with Crippen LogP contribution in [0.1, 0.15) is 46.6 Å². The van der Waals surface area contributed by atoms with Crippen molar-refractivity contribution in [2.45, 2.75) is 56.6 Å². The van der Waals surface area contributed by atoms with Crippen molar-refractivity contribution in [2.75, 3.05) is 44.9 Å². The van der Waals surface area contributed by atoms with Crippen LogP contribution in [0.3, 0.4) is 0 Å². The van der Waals surface area contributed by atoms with Crippen molar-refractivity contribution in [3.63, 3.8) is 0 Å². The summed E-state index contributed by atoms with van der Waals surface area (Å²) in [6.07, 6.45) is 0.863. The average Bonchev–Trinajstić information content (AvgIpc) is 2.92. The summed E-state index contributed by atoms with van der Waals surface area (Å²) < 4.78 is 50.5. The first-order chi connectivity index (χ1) is 17.8. The Morgan fingerprint density at radius 3 is 2.70 bits per heavy atom. The van der Waals surface area contributed by atoms with E-state index in [0.29, 0.717) is 62.4 Å². The van der Waals surface area contributed by atoms with Crippen LogP contribution in [0.25, 0.3) is 0 Å². The van der Waals surface area contributed by atoms with Crippen LogP contribution in [0.5, 0.6) is 0 Å². The average molecular weight is 521 g/mol. The van der Waals surface area contributed by atoms with E-state index >= 15 is 0 Å². The van der Waals surface area contributed by atoms with E-state index < -0.39 is 11.7 Å². The number of anilines is 1. The minimum Gasteiger partial charge on any atom is -0.379 e. The maximum absolute atomic E-state index is 13.2. The zero-order chi connectivity index (χ0) is 26.0. The Balaban J connectivity index is 1.20. The molecule has 0 aliphatic carbocycles. The molecule has 0 radical (unpaired) electrons. The Morgan fingerprint density at radius 2 is 1.95 bits per heavy atom. The Kier molecular flexibility index (Phi) is 7.59. The maximum atomic E-state index is 13.2. The van der Waals surface area contributed by atoms with E-state index in [4.69, 9.17) is 9.47 Å². The molecule has 2 aromatic heterocycles. The van der Waals surface area contributed by atoms with Gasteiger partial charge >= 0.3 is 6.18 Å². The summed E-state index contributed by atoms with van der Waals surface area (Å²) in [5, 5.41) is 3.68. The van der Waals surface area contributed by atoms with E-state index in [1.54, 1.807) is 18.1 Å². The molecular weight excluding hydrogens is 489 g/mol. The molecule has 1 N–H and O–H groups in total. The van der Waals surface area contributed by atoms with E-state index in [2.05, 4.69) is 20.3 Å². The topological polar surface area (TPSA) is 92.7 Å². The van der Waals surface area contributed by atoms with Crippen LogP contribution >= 0.6 is 0 Å². The third-order valence-electron chi connectivity index (χ3n) is 7.40. The largest absolute Gasteiger partial charge is 0.417 e. The number of aromatic nitrogens is 3. The first kappa shape index (κ1) is 25.8. The fourth-order valence-corrected chi connectivity index (χ4v) is 5.26. The number of hydrogen-bond donors (Lipinski definition) is 1. The molecule has 0 saturated carbocycles. The van der Waals surface area contributed by atoms with E-state index in [1.165, 1.54) is 6.33 Å². The number of ether oxygens (including phenoxy) is 2. The Morgan fingerprint density at radius 1 is 1.14 bits per heavy atom. The van der Waals surface area contributed by atoms with Crippen molar-refractivity contribution in [1.29, 1.82) is 0 Å². The quantitative estimate of drug-likeness (QED) is 0.643. The van der Waals surface area contributed by atoms with Gasteiger partial charge in [0.25, 0.3) is 5.91 Å². The van der Waals surface area contributed by atoms with E-state index in [1.807, 2.05) is 4.90 Å². The number of pyridine rings is 1. The molecule has 1 amide bonds. The van der Waals surface area contributed by atoms with E-state index in [0.717, 1.165) is 31.5 Å². The Labute approximate surface area is 213 Å². The second-order valence-corrected chi connectivity index (χ2v) is 9.74. The summed E-state index contributed by atoms with van der Waals surface area (Å²) in [5.41, 5.74) is 0.693. The zero-order valence-corrected chi connectivity index (χ0v) is 20.7. The lowest BCUT2D eigenvalue weighted by molar-refractivity contribution is -0.137. The fourth-order valence-electron chi connectivity index (χ4n) is 5.26. The van der Waals surface area contributed by atoms with Crippen molar-refractivity contribution < 1.29 is 27.4 Å². The van der Waals surface area contributed by atoms with Crippen molar-refractivity contribution >= 4 is 11.7 Å². The molecule has 3 aliphatic rings. The molecule has 2 atom stereocenters. The van der Waals surface area contributed by atoms with Gasteiger partial charge in [0.15, 0.2) is 0 Å². The highest BCUT2D eigenvalue weighted by Crippen LogP contribution is 2.32. The highest BCUT2D eigenvalue weighted by molar-refractivity contribution is 5.93. The summed E-state index contributed by atoms with van der Waals surface area (Å²) in [4.78, 5) is 29.4. The number of amides is 1. The highest BCUT2D eigenvalue weighted by Gasteiger charge is 2.33. The fraction of sp³-hybridized carbons (Fsp3) is 0.600. The molecule has 0 unspecified atom stereocenters. The van der Waals surface area contributed by atoms with E-state index in [9.17, 15) is 18.0 Å². The normalized spacial score (nSPS) is 23.1. The molecule has 2 aromatic rings. The molecule has 3 aliphatic heterocycles. The molecule has 2 saturated heterocycles. The Bertz CT molecular complexity index is 1110. The number of carbonyl (C=O) groups is 1. The van der Waals surface area contributed by atoms with Gasteiger partial charge in [-0.2, -0.15) is 13.2 Å². The molecule has 0 aromatic carbocycles. The molecule has 9 nitrogen and oxygen atoms in total. The number of nitrogens with one attached hydrogen (secondary N) is 1. The standard InChI is InChI=1S/C25H31F3N6O3/c1-36-22-14-37-9-5-20(22)32-18-2-6-33(7-3-18)24(35)21-11-23(31-15-30-21)34-8-4-19-16(13-34)10-17(12-29-19)25(26,27)28/h10-12,15,18,20,22,32H,2-9,13-14H2,1H3/t20-,22+/m0/s1. The molecule has 12 heteroatoms. The zero-order valence-electron chi connectivity index (χ0n) is 20.7. The molecule has 0 spiro atoms. The molecule has 5 heterocycles. The first-order valence-electron chi connectivity index (χ1n) is 12.6. The van der Waals surface area contributed by atoms with Gasteiger partial charge in [0, 0.05) is 76.4 Å². The predicted molar refractivity (Wildman–Crippen MR) is 128 cm³/mol. The number of halogens is 3. The Hall–Kier alpha value is -2.83. The predicted octanol–water partition coefficient (Wildman–Crippen LogP) is 2.45. The van der Waals surface area contributed by atoms with Crippen molar-refractivity contribution in [3.8, 4) is 0 Å². The third kappa shape index (κ3) is 5.86. The number of methoxy groups -OCH3 is 1. The summed E-state index contributed by atoms with van der Waals surface area (Å²) in [7, 11) is 1.70. The van der Waals surface area contributed by atoms with Crippen molar-refractivity contribution in [1.82, 2.24) is 25.2 Å².